The summed E-state index contributed by atoms with van der Waals surface area (Å²) in [6.07, 6.45) is 2.74. The summed E-state index contributed by atoms with van der Waals surface area (Å²) in [4.78, 5) is 10.8. The monoisotopic (exact) mass is 142 g/mol. The highest BCUT2D eigenvalue weighted by atomic mass is 16.5. The average Bonchev–Trinajstić information content (AvgIpc) is 1.94. The molecule has 0 saturated carbocycles. The molecule has 1 fully saturated rings. The highest BCUT2D eigenvalue weighted by Gasteiger charge is 2.25. The lowest BCUT2D eigenvalue weighted by Gasteiger charge is -2.27. The van der Waals surface area contributed by atoms with Gasteiger partial charge in [-0.1, -0.05) is 13.8 Å². The molecule has 58 valence electrons. The van der Waals surface area contributed by atoms with Crippen molar-refractivity contribution in [2.24, 2.45) is 5.92 Å². The van der Waals surface area contributed by atoms with E-state index in [1.54, 1.807) is 0 Å². The van der Waals surface area contributed by atoms with Gasteiger partial charge in [0.05, 0.1) is 0 Å². The maximum Gasteiger partial charge on any atom is 0.306 e. The molecular formula is C8H14O2. The third-order valence-electron chi connectivity index (χ3n) is 2.12. The molecule has 2 heteroatoms. The topological polar surface area (TPSA) is 26.3 Å². The highest BCUT2D eigenvalue weighted by molar-refractivity contribution is 5.70. The lowest BCUT2D eigenvalue weighted by Crippen LogP contribution is -2.30. The maximum atomic E-state index is 10.8. The number of cyclic esters (lactones) is 1. The number of esters is 1. The van der Waals surface area contributed by atoms with Crippen LogP contribution in [0.15, 0.2) is 0 Å². The van der Waals surface area contributed by atoms with Gasteiger partial charge >= 0.3 is 5.97 Å². The first-order chi connectivity index (χ1) is 4.74. The zero-order valence-corrected chi connectivity index (χ0v) is 6.59. The van der Waals surface area contributed by atoms with Gasteiger partial charge in [-0.3, -0.25) is 4.79 Å². The van der Waals surface area contributed by atoms with E-state index in [1.807, 2.05) is 0 Å². The Kier molecular flexibility index (Phi) is 2.30. The number of hydrogen-bond acceptors (Lipinski definition) is 2. The van der Waals surface area contributed by atoms with E-state index in [0.29, 0.717) is 12.3 Å². The Morgan fingerprint density at radius 1 is 1.70 bits per heavy atom. The van der Waals surface area contributed by atoms with Gasteiger partial charge in [-0.05, 0) is 18.8 Å². The van der Waals surface area contributed by atoms with Gasteiger partial charge in [-0.15, -0.1) is 0 Å². The van der Waals surface area contributed by atoms with Gasteiger partial charge in [-0.25, -0.2) is 0 Å². The molecule has 0 unspecified atom stereocenters. The summed E-state index contributed by atoms with van der Waals surface area (Å²) in [5, 5.41) is 0. The van der Waals surface area contributed by atoms with Crippen LogP contribution in [-0.4, -0.2) is 12.1 Å². The van der Waals surface area contributed by atoms with Crippen LogP contribution >= 0.6 is 0 Å². The predicted octanol–water partition coefficient (Wildman–Crippen LogP) is 1.74. The van der Waals surface area contributed by atoms with Crippen LogP contribution < -0.4 is 0 Å². The standard InChI is InChI=1S/C8H14O2/c1-3-7-6(2)4-5-8(9)10-7/h6-7H,3-5H2,1-2H3/t6-,7+/m1/s1. The molecule has 1 heterocycles. The molecule has 0 aromatic heterocycles. The first-order valence-electron chi connectivity index (χ1n) is 3.93. The lowest BCUT2D eigenvalue weighted by molar-refractivity contribution is -0.157. The first-order valence-corrected chi connectivity index (χ1v) is 3.93. The summed E-state index contributed by atoms with van der Waals surface area (Å²) in [7, 11) is 0. The third kappa shape index (κ3) is 1.49. The third-order valence-corrected chi connectivity index (χ3v) is 2.12. The maximum absolute atomic E-state index is 10.8. The van der Waals surface area contributed by atoms with Crippen LogP contribution in [0.4, 0.5) is 0 Å². The molecule has 0 radical (unpaired) electrons. The second-order valence-corrected chi connectivity index (χ2v) is 2.95. The summed E-state index contributed by atoms with van der Waals surface area (Å²) in [6, 6.07) is 0. The van der Waals surface area contributed by atoms with Crippen molar-refractivity contribution < 1.29 is 9.53 Å². The summed E-state index contributed by atoms with van der Waals surface area (Å²) < 4.78 is 5.11. The fourth-order valence-corrected chi connectivity index (χ4v) is 1.36. The van der Waals surface area contributed by atoms with Crippen LogP contribution in [0.3, 0.4) is 0 Å². The van der Waals surface area contributed by atoms with Crippen molar-refractivity contribution in [3.63, 3.8) is 0 Å². The van der Waals surface area contributed by atoms with E-state index < -0.39 is 0 Å². The van der Waals surface area contributed by atoms with Crippen molar-refractivity contribution in [1.29, 1.82) is 0 Å². The minimum absolute atomic E-state index is 0.0232. The van der Waals surface area contributed by atoms with E-state index in [-0.39, 0.29) is 12.1 Å². The van der Waals surface area contributed by atoms with Gasteiger partial charge in [0.25, 0.3) is 0 Å². The van der Waals surface area contributed by atoms with Gasteiger partial charge in [-0.2, -0.15) is 0 Å². The second kappa shape index (κ2) is 3.04. The molecule has 2 atom stereocenters. The Bertz CT molecular complexity index is 131. The Labute approximate surface area is 61.6 Å². The van der Waals surface area contributed by atoms with E-state index >= 15 is 0 Å². The van der Waals surface area contributed by atoms with Gasteiger partial charge in [0, 0.05) is 6.42 Å². The molecule has 0 aliphatic carbocycles. The fourth-order valence-electron chi connectivity index (χ4n) is 1.36. The molecule has 0 aromatic rings. The number of carbonyl (C=O) groups is 1. The lowest BCUT2D eigenvalue weighted by atomic mass is 9.95. The molecule has 0 amide bonds. The molecule has 1 saturated heterocycles. The summed E-state index contributed by atoms with van der Waals surface area (Å²) in [5.74, 6) is 0.535. The molecule has 10 heavy (non-hydrogen) atoms. The fraction of sp³-hybridized carbons (Fsp3) is 0.875. The van der Waals surface area contributed by atoms with Crippen molar-refractivity contribution in [3.05, 3.63) is 0 Å². The molecule has 2 nitrogen and oxygen atoms in total. The Morgan fingerprint density at radius 3 is 2.90 bits per heavy atom. The molecule has 0 spiro atoms. The van der Waals surface area contributed by atoms with Crippen LogP contribution in [0.25, 0.3) is 0 Å². The molecule has 1 aliphatic rings. The largest absolute Gasteiger partial charge is 0.462 e. The zero-order chi connectivity index (χ0) is 7.56. The van der Waals surface area contributed by atoms with Gasteiger partial charge < -0.3 is 4.74 Å². The zero-order valence-electron chi connectivity index (χ0n) is 6.59. The Morgan fingerprint density at radius 2 is 2.40 bits per heavy atom. The van der Waals surface area contributed by atoms with E-state index in [4.69, 9.17) is 4.74 Å². The van der Waals surface area contributed by atoms with Crippen molar-refractivity contribution in [2.75, 3.05) is 0 Å². The van der Waals surface area contributed by atoms with E-state index in [2.05, 4.69) is 13.8 Å². The predicted molar refractivity (Wildman–Crippen MR) is 38.6 cm³/mol. The normalized spacial score (nSPS) is 33.6. The minimum atomic E-state index is -0.0232. The second-order valence-electron chi connectivity index (χ2n) is 2.95. The Hall–Kier alpha value is -0.530. The van der Waals surface area contributed by atoms with Gasteiger partial charge in [0.1, 0.15) is 6.10 Å². The Balaban J connectivity index is 2.45. The van der Waals surface area contributed by atoms with Crippen molar-refractivity contribution in [1.82, 2.24) is 0 Å². The number of ether oxygens (including phenoxy) is 1. The summed E-state index contributed by atoms with van der Waals surface area (Å²) >= 11 is 0. The highest BCUT2D eigenvalue weighted by Crippen LogP contribution is 2.22. The summed E-state index contributed by atoms with van der Waals surface area (Å²) in [5.41, 5.74) is 0. The number of carbonyl (C=O) groups excluding carboxylic acids is 1. The first kappa shape index (κ1) is 7.58. The van der Waals surface area contributed by atoms with Crippen molar-refractivity contribution >= 4 is 5.97 Å². The number of hydrogen-bond donors (Lipinski definition) is 0. The van der Waals surface area contributed by atoms with Crippen LogP contribution in [-0.2, 0) is 9.53 Å². The van der Waals surface area contributed by atoms with Crippen molar-refractivity contribution in [2.45, 2.75) is 39.2 Å². The molecule has 0 N–H and O–H groups in total. The molecular weight excluding hydrogens is 128 g/mol. The SMILES string of the molecule is CC[C@@H]1OC(=O)CC[C@H]1C. The quantitative estimate of drug-likeness (QED) is 0.521. The van der Waals surface area contributed by atoms with E-state index in [0.717, 1.165) is 12.8 Å². The van der Waals surface area contributed by atoms with Gasteiger partial charge in [0.2, 0.25) is 0 Å². The molecule has 0 bridgehead atoms. The molecule has 1 aliphatic heterocycles. The van der Waals surface area contributed by atoms with Crippen molar-refractivity contribution in [3.8, 4) is 0 Å². The van der Waals surface area contributed by atoms with Crippen LogP contribution in [0.5, 0.6) is 0 Å². The smallest absolute Gasteiger partial charge is 0.306 e. The van der Waals surface area contributed by atoms with E-state index in [9.17, 15) is 4.79 Å². The number of rotatable bonds is 1. The van der Waals surface area contributed by atoms with Crippen LogP contribution in [0.1, 0.15) is 33.1 Å². The van der Waals surface area contributed by atoms with Crippen LogP contribution in [0.2, 0.25) is 0 Å². The van der Waals surface area contributed by atoms with Gasteiger partial charge in [0.15, 0.2) is 0 Å². The molecule has 1 rings (SSSR count). The van der Waals surface area contributed by atoms with E-state index in [1.165, 1.54) is 0 Å². The van der Waals surface area contributed by atoms with Crippen LogP contribution in [0, 0.1) is 5.92 Å². The summed E-state index contributed by atoms with van der Waals surface area (Å²) in [6.45, 7) is 4.19. The minimum Gasteiger partial charge on any atom is -0.462 e. The average molecular weight is 142 g/mol. The molecule has 0 aromatic carbocycles.